The molecule has 0 saturated carbocycles. The van der Waals surface area contributed by atoms with Gasteiger partial charge in [-0.1, -0.05) is 11.8 Å². The van der Waals surface area contributed by atoms with Crippen LogP contribution < -0.4 is 4.74 Å². The molecule has 92 valence electrons. The van der Waals surface area contributed by atoms with E-state index in [1.54, 1.807) is 36.3 Å². The lowest BCUT2D eigenvalue weighted by Gasteiger charge is -2.07. The van der Waals surface area contributed by atoms with E-state index in [1.807, 2.05) is 24.4 Å². The van der Waals surface area contributed by atoms with Gasteiger partial charge in [-0.25, -0.2) is 4.98 Å². The minimum atomic E-state index is 0.654. The van der Waals surface area contributed by atoms with Gasteiger partial charge in [0.2, 0.25) is 0 Å². The van der Waals surface area contributed by atoms with Crippen LogP contribution in [-0.4, -0.2) is 12.1 Å². The molecule has 0 fully saturated rings. The fraction of sp³-hybridized carbons (Fsp3) is 0.231. The van der Waals surface area contributed by atoms with Crippen LogP contribution in [0.25, 0.3) is 0 Å². The molecule has 0 aliphatic rings. The lowest BCUT2D eigenvalue weighted by molar-refractivity contribution is 0.411. The Kier molecular flexibility index (Phi) is 4.24. The van der Waals surface area contributed by atoms with Crippen molar-refractivity contribution in [3.63, 3.8) is 0 Å². The SMILES string of the molecule is COc1ccc(C#N)cc1CSc1nc(C)cs1. The zero-order valence-corrected chi connectivity index (χ0v) is 11.8. The first-order valence-electron chi connectivity index (χ1n) is 5.35. The average molecular weight is 276 g/mol. The van der Waals surface area contributed by atoms with Crippen molar-refractivity contribution in [3.8, 4) is 11.8 Å². The molecule has 0 aliphatic heterocycles. The number of thioether (sulfide) groups is 1. The number of nitriles is 1. The Balaban J connectivity index is 2.15. The van der Waals surface area contributed by atoms with E-state index in [2.05, 4.69) is 11.1 Å². The van der Waals surface area contributed by atoms with Gasteiger partial charge in [0.15, 0.2) is 0 Å². The topological polar surface area (TPSA) is 45.9 Å². The predicted octanol–water partition coefficient (Wildman–Crippen LogP) is 3.62. The number of methoxy groups -OCH3 is 1. The predicted molar refractivity (Wildman–Crippen MR) is 74.1 cm³/mol. The van der Waals surface area contributed by atoms with Gasteiger partial charge in [-0.2, -0.15) is 5.26 Å². The first kappa shape index (κ1) is 12.9. The molecule has 2 aromatic rings. The van der Waals surface area contributed by atoms with Crippen LogP contribution in [0.2, 0.25) is 0 Å². The van der Waals surface area contributed by atoms with Crippen LogP contribution in [0, 0.1) is 18.3 Å². The molecule has 18 heavy (non-hydrogen) atoms. The molecule has 1 aromatic carbocycles. The maximum absolute atomic E-state index is 8.91. The Morgan fingerprint density at radius 2 is 2.33 bits per heavy atom. The molecule has 0 saturated heterocycles. The van der Waals surface area contributed by atoms with Gasteiger partial charge in [0.05, 0.1) is 18.7 Å². The molecule has 0 radical (unpaired) electrons. The molecule has 0 N–H and O–H groups in total. The zero-order valence-electron chi connectivity index (χ0n) is 10.1. The molecule has 0 aliphatic carbocycles. The van der Waals surface area contributed by atoms with Crippen molar-refractivity contribution in [3.05, 3.63) is 40.4 Å². The lowest BCUT2D eigenvalue weighted by Crippen LogP contribution is -1.91. The van der Waals surface area contributed by atoms with Crippen molar-refractivity contribution < 1.29 is 4.74 Å². The number of aryl methyl sites for hydroxylation is 1. The molecule has 0 atom stereocenters. The summed E-state index contributed by atoms with van der Waals surface area (Å²) in [6.45, 7) is 1.98. The van der Waals surface area contributed by atoms with Gasteiger partial charge < -0.3 is 4.74 Å². The summed E-state index contributed by atoms with van der Waals surface area (Å²) in [5.74, 6) is 1.57. The van der Waals surface area contributed by atoms with Crippen molar-refractivity contribution in [1.29, 1.82) is 5.26 Å². The van der Waals surface area contributed by atoms with Gasteiger partial charge in [0.25, 0.3) is 0 Å². The number of ether oxygens (including phenoxy) is 1. The third kappa shape index (κ3) is 3.03. The van der Waals surface area contributed by atoms with Crippen molar-refractivity contribution >= 4 is 23.1 Å². The number of rotatable bonds is 4. The van der Waals surface area contributed by atoms with E-state index in [0.717, 1.165) is 27.1 Å². The normalized spacial score (nSPS) is 10.1. The number of hydrogen-bond acceptors (Lipinski definition) is 5. The van der Waals surface area contributed by atoms with E-state index in [-0.39, 0.29) is 0 Å². The first-order chi connectivity index (χ1) is 8.72. The van der Waals surface area contributed by atoms with E-state index >= 15 is 0 Å². The number of thiazole rings is 1. The fourth-order valence-corrected chi connectivity index (χ4v) is 3.33. The molecule has 2 rings (SSSR count). The number of benzene rings is 1. The van der Waals surface area contributed by atoms with Crippen LogP contribution in [0.4, 0.5) is 0 Å². The minimum absolute atomic E-state index is 0.654. The van der Waals surface area contributed by atoms with Crippen molar-refractivity contribution in [2.45, 2.75) is 17.0 Å². The van der Waals surface area contributed by atoms with Crippen LogP contribution in [0.1, 0.15) is 16.8 Å². The highest BCUT2D eigenvalue weighted by molar-refractivity contribution is 8.00. The fourth-order valence-electron chi connectivity index (χ4n) is 1.50. The molecule has 5 heteroatoms. The Morgan fingerprint density at radius 3 is 2.94 bits per heavy atom. The second-order valence-electron chi connectivity index (χ2n) is 3.68. The summed E-state index contributed by atoms with van der Waals surface area (Å²) < 4.78 is 6.34. The van der Waals surface area contributed by atoms with Gasteiger partial charge >= 0.3 is 0 Å². The average Bonchev–Trinajstić information content (AvgIpc) is 2.81. The maximum Gasteiger partial charge on any atom is 0.150 e. The van der Waals surface area contributed by atoms with E-state index in [1.165, 1.54) is 0 Å². The zero-order chi connectivity index (χ0) is 13.0. The highest BCUT2D eigenvalue weighted by Gasteiger charge is 2.07. The van der Waals surface area contributed by atoms with Gasteiger partial charge in [-0.3, -0.25) is 0 Å². The Bertz CT molecular complexity index is 587. The molecule has 0 amide bonds. The molecule has 0 unspecified atom stereocenters. The first-order valence-corrected chi connectivity index (χ1v) is 7.21. The molecule has 0 spiro atoms. The summed E-state index contributed by atoms with van der Waals surface area (Å²) in [7, 11) is 1.64. The lowest BCUT2D eigenvalue weighted by atomic mass is 10.1. The largest absolute Gasteiger partial charge is 0.496 e. The van der Waals surface area contributed by atoms with Crippen LogP contribution in [-0.2, 0) is 5.75 Å². The van der Waals surface area contributed by atoms with Gasteiger partial charge in [0, 0.05) is 22.4 Å². The van der Waals surface area contributed by atoms with Crippen LogP contribution >= 0.6 is 23.1 Å². The maximum atomic E-state index is 8.91. The monoisotopic (exact) mass is 276 g/mol. The molecule has 0 bridgehead atoms. The van der Waals surface area contributed by atoms with Crippen LogP contribution in [0.3, 0.4) is 0 Å². The summed E-state index contributed by atoms with van der Waals surface area (Å²) in [6.07, 6.45) is 0. The Labute approximate surface area is 114 Å². The van der Waals surface area contributed by atoms with Crippen molar-refractivity contribution in [1.82, 2.24) is 4.98 Å². The Hall–Kier alpha value is -1.51. The molecule has 1 aromatic heterocycles. The van der Waals surface area contributed by atoms with E-state index in [9.17, 15) is 0 Å². The summed E-state index contributed by atoms with van der Waals surface area (Å²) in [6, 6.07) is 7.61. The molecule has 1 heterocycles. The smallest absolute Gasteiger partial charge is 0.150 e. The van der Waals surface area contributed by atoms with Crippen molar-refractivity contribution in [2.24, 2.45) is 0 Å². The summed E-state index contributed by atoms with van der Waals surface area (Å²) >= 11 is 3.30. The van der Waals surface area contributed by atoms with Gasteiger partial charge in [-0.15, -0.1) is 11.3 Å². The third-order valence-corrected chi connectivity index (χ3v) is 4.55. The minimum Gasteiger partial charge on any atom is -0.496 e. The molecular formula is C13H12N2OS2. The van der Waals surface area contributed by atoms with E-state index in [4.69, 9.17) is 10.00 Å². The Morgan fingerprint density at radius 1 is 1.50 bits per heavy atom. The van der Waals surface area contributed by atoms with Crippen LogP contribution in [0.5, 0.6) is 5.75 Å². The molecular weight excluding hydrogens is 264 g/mol. The van der Waals surface area contributed by atoms with Gasteiger partial charge in [0.1, 0.15) is 10.1 Å². The second-order valence-corrected chi connectivity index (χ2v) is 5.76. The second kappa shape index (κ2) is 5.89. The van der Waals surface area contributed by atoms with E-state index in [0.29, 0.717) is 5.56 Å². The molecule has 3 nitrogen and oxygen atoms in total. The van der Waals surface area contributed by atoms with Crippen LogP contribution in [0.15, 0.2) is 27.9 Å². The summed E-state index contributed by atoms with van der Waals surface area (Å²) in [4.78, 5) is 4.40. The summed E-state index contributed by atoms with van der Waals surface area (Å²) in [5, 5.41) is 10.9. The summed E-state index contributed by atoms with van der Waals surface area (Å²) in [5.41, 5.74) is 2.72. The number of nitrogens with zero attached hydrogens (tertiary/aromatic N) is 2. The van der Waals surface area contributed by atoms with Gasteiger partial charge in [-0.05, 0) is 25.1 Å². The van der Waals surface area contributed by atoms with Crippen molar-refractivity contribution in [2.75, 3.05) is 7.11 Å². The quantitative estimate of drug-likeness (QED) is 0.800. The number of aromatic nitrogens is 1. The third-order valence-electron chi connectivity index (χ3n) is 2.36. The number of hydrogen-bond donors (Lipinski definition) is 0. The standard InChI is InChI=1S/C13H12N2OS2/c1-9-7-17-13(15-9)18-8-11-5-10(6-14)3-4-12(11)16-2/h3-5,7H,8H2,1-2H3. The highest BCUT2D eigenvalue weighted by Crippen LogP contribution is 2.30. The van der Waals surface area contributed by atoms with E-state index < -0.39 is 0 Å². The highest BCUT2D eigenvalue weighted by atomic mass is 32.2.